The Bertz CT molecular complexity index is 436. The lowest BCUT2D eigenvalue weighted by Crippen LogP contribution is -1.78. The molecule has 0 amide bonds. The molecule has 0 spiro atoms. The van der Waals surface area contributed by atoms with Gasteiger partial charge in [-0.1, -0.05) is 24.6 Å². The quantitative estimate of drug-likeness (QED) is 0.773. The minimum absolute atomic E-state index is 0.781. The van der Waals surface area contributed by atoms with Gasteiger partial charge >= 0.3 is 0 Å². The van der Waals surface area contributed by atoms with E-state index in [0.29, 0.717) is 0 Å². The minimum Gasteiger partial charge on any atom is -0.464 e. The van der Waals surface area contributed by atoms with Gasteiger partial charge in [0, 0.05) is 16.7 Å². The number of thioether (sulfide) groups is 1. The van der Waals surface area contributed by atoms with E-state index in [1.165, 1.54) is 5.56 Å². The molecule has 1 heterocycles. The molecule has 0 aliphatic heterocycles. The molecular weight excluding hydrogens is 216 g/mol. The fourth-order valence-corrected chi connectivity index (χ4v) is 2.35. The summed E-state index contributed by atoms with van der Waals surface area (Å²) in [5.74, 6) is 2.07. The van der Waals surface area contributed by atoms with Crippen LogP contribution in [0.25, 0.3) is 11.0 Å². The van der Waals surface area contributed by atoms with Crippen LogP contribution in [0.1, 0.15) is 12.5 Å². The molecule has 0 radical (unpaired) electrons. The average molecular weight is 227 g/mol. The predicted octanol–water partition coefficient (Wildman–Crippen LogP) is 4.34. The van der Waals surface area contributed by atoms with Gasteiger partial charge in [0.1, 0.15) is 5.58 Å². The third-order valence-corrected chi connectivity index (χ3v) is 3.32. The molecule has 2 rings (SSSR count). The molecule has 14 heavy (non-hydrogen) atoms. The Labute approximate surface area is 92.4 Å². The summed E-state index contributed by atoms with van der Waals surface area (Å²) in [5, 5.41) is 1.85. The molecule has 0 unspecified atom stereocenters. The first-order valence-corrected chi connectivity index (χ1v) is 6.08. The van der Waals surface area contributed by atoms with Crippen molar-refractivity contribution in [2.45, 2.75) is 12.7 Å². The van der Waals surface area contributed by atoms with E-state index in [1.54, 1.807) is 6.26 Å². The van der Waals surface area contributed by atoms with Crippen molar-refractivity contribution in [1.82, 2.24) is 0 Å². The van der Waals surface area contributed by atoms with E-state index in [-0.39, 0.29) is 0 Å². The summed E-state index contributed by atoms with van der Waals surface area (Å²) in [6.07, 6.45) is 1.80. The van der Waals surface area contributed by atoms with E-state index in [4.69, 9.17) is 16.0 Å². The maximum Gasteiger partial charge on any atom is 0.135 e. The van der Waals surface area contributed by atoms with E-state index in [9.17, 15) is 0 Å². The highest BCUT2D eigenvalue weighted by Gasteiger charge is 2.08. The summed E-state index contributed by atoms with van der Waals surface area (Å²) in [5.41, 5.74) is 2.07. The zero-order valence-electron chi connectivity index (χ0n) is 7.92. The smallest absolute Gasteiger partial charge is 0.135 e. The molecule has 0 N–H and O–H groups in total. The summed E-state index contributed by atoms with van der Waals surface area (Å²) in [6, 6.07) is 5.76. The normalized spacial score (nSPS) is 11.0. The van der Waals surface area contributed by atoms with Crippen LogP contribution in [0.3, 0.4) is 0 Å². The second-order valence-electron chi connectivity index (χ2n) is 3.01. The van der Waals surface area contributed by atoms with Gasteiger partial charge in [-0.2, -0.15) is 11.8 Å². The van der Waals surface area contributed by atoms with Gasteiger partial charge in [-0.3, -0.25) is 0 Å². The molecule has 2 aromatic rings. The number of fused-ring (bicyclic) bond motifs is 1. The molecule has 1 nitrogen and oxygen atoms in total. The van der Waals surface area contributed by atoms with E-state index in [1.807, 2.05) is 30.0 Å². The molecule has 1 aromatic heterocycles. The Morgan fingerprint density at radius 1 is 1.43 bits per heavy atom. The summed E-state index contributed by atoms with van der Waals surface area (Å²) < 4.78 is 5.43. The van der Waals surface area contributed by atoms with Gasteiger partial charge in [-0.25, -0.2) is 0 Å². The molecule has 0 aliphatic rings. The van der Waals surface area contributed by atoms with Crippen molar-refractivity contribution in [3.8, 4) is 0 Å². The first-order valence-electron chi connectivity index (χ1n) is 4.55. The molecule has 3 heteroatoms. The van der Waals surface area contributed by atoms with Crippen molar-refractivity contribution in [2.75, 3.05) is 5.75 Å². The van der Waals surface area contributed by atoms with Gasteiger partial charge in [-0.15, -0.1) is 0 Å². The van der Waals surface area contributed by atoms with E-state index in [0.717, 1.165) is 27.5 Å². The molecule has 74 valence electrons. The molecule has 1 aromatic carbocycles. The Morgan fingerprint density at radius 3 is 3.07 bits per heavy atom. The predicted molar refractivity (Wildman–Crippen MR) is 63.1 cm³/mol. The Kier molecular flexibility index (Phi) is 3.04. The van der Waals surface area contributed by atoms with Crippen LogP contribution in [0.15, 0.2) is 28.9 Å². The van der Waals surface area contributed by atoms with Crippen LogP contribution in [0.5, 0.6) is 0 Å². The SMILES string of the molecule is CCSCc1coc2cccc(Cl)c12. The largest absolute Gasteiger partial charge is 0.464 e. The second-order valence-corrected chi connectivity index (χ2v) is 4.69. The standard InChI is InChI=1S/C11H11ClOS/c1-2-14-7-8-6-13-10-5-3-4-9(12)11(8)10/h3-6H,2,7H2,1H3. The fraction of sp³-hybridized carbons (Fsp3) is 0.273. The van der Waals surface area contributed by atoms with Crippen LogP contribution in [0, 0.1) is 0 Å². The number of rotatable bonds is 3. The van der Waals surface area contributed by atoms with Crippen LogP contribution in [0.2, 0.25) is 5.02 Å². The van der Waals surface area contributed by atoms with Crippen LogP contribution in [0.4, 0.5) is 0 Å². The summed E-state index contributed by atoms with van der Waals surface area (Å²) >= 11 is 7.98. The summed E-state index contributed by atoms with van der Waals surface area (Å²) in [6.45, 7) is 2.15. The molecule has 0 atom stereocenters. The van der Waals surface area contributed by atoms with Gasteiger partial charge in [-0.05, 0) is 17.9 Å². The third-order valence-electron chi connectivity index (χ3n) is 2.09. The monoisotopic (exact) mass is 226 g/mol. The maximum absolute atomic E-state index is 6.11. The molecule has 0 bridgehead atoms. The van der Waals surface area contributed by atoms with Crippen LogP contribution >= 0.6 is 23.4 Å². The van der Waals surface area contributed by atoms with Gasteiger partial charge in [0.15, 0.2) is 0 Å². The molecule has 0 saturated carbocycles. The lowest BCUT2D eigenvalue weighted by atomic mass is 10.2. The van der Waals surface area contributed by atoms with Crippen molar-refractivity contribution < 1.29 is 4.42 Å². The van der Waals surface area contributed by atoms with Crippen molar-refractivity contribution in [2.24, 2.45) is 0 Å². The summed E-state index contributed by atoms with van der Waals surface area (Å²) in [7, 11) is 0. The highest BCUT2D eigenvalue weighted by molar-refractivity contribution is 7.98. The second kappa shape index (κ2) is 4.28. The van der Waals surface area contributed by atoms with Crippen LogP contribution < -0.4 is 0 Å². The first kappa shape index (κ1) is 9.94. The zero-order valence-corrected chi connectivity index (χ0v) is 9.49. The molecule has 0 fully saturated rings. The van der Waals surface area contributed by atoms with Crippen molar-refractivity contribution in [1.29, 1.82) is 0 Å². The third kappa shape index (κ3) is 1.77. The number of hydrogen-bond acceptors (Lipinski definition) is 2. The maximum atomic E-state index is 6.11. The van der Waals surface area contributed by atoms with Crippen molar-refractivity contribution >= 4 is 34.3 Å². The number of halogens is 1. The number of benzene rings is 1. The lowest BCUT2D eigenvalue weighted by molar-refractivity contribution is 0.612. The van der Waals surface area contributed by atoms with Gasteiger partial charge < -0.3 is 4.42 Å². The Balaban J connectivity index is 2.45. The number of hydrogen-bond donors (Lipinski definition) is 0. The molecular formula is C11H11ClOS. The Hall–Kier alpha value is -0.600. The van der Waals surface area contributed by atoms with Gasteiger partial charge in [0.25, 0.3) is 0 Å². The van der Waals surface area contributed by atoms with E-state index >= 15 is 0 Å². The average Bonchev–Trinajstić information content (AvgIpc) is 2.59. The van der Waals surface area contributed by atoms with Crippen LogP contribution in [-0.4, -0.2) is 5.75 Å². The van der Waals surface area contributed by atoms with Crippen molar-refractivity contribution in [3.63, 3.8) is 0 Å². The Morgan fingerprint density at radius 2 is 2.29 bits per heavy atom. The highest BCUT2D eigenvalue weighted by Crippen LogP contribution is 2.30. The fourth-order valence-electron chi connectivity index (χ4n) is 1.43. The molecule has 0 aliphatic carbocycles. The van der Waals surface area contributed by atoms with E-state index < -0.39 is 0 Å². The molecule has 0 saturated heterocycles. The van der Waals surface area contributed by atoms with Crippen LogP contribution in [-0.2, 0) is 5.75 Å². The van der Waals surface area contributed by atoms with Gasteiger partial charge in [0.05, 0.1) is 11.3 Å². The topological polar surface area (TPSA) is 13.1 Å². The highest BCUT2D eigenvalue weighted by atomic mass is 35.5. The van der Waals surface area contributed by atoms with E-state index in [2.05, 4.69) is 6.92 Å². The lowest BCUT2D eigenvalue weighted by Gasteiger charge is -1.97. The first-order chi connectivity index (χ1) is 6.83. The van der Waals surface area contributed by atoms with Crippen molar-refractivity contribution in [3.05, 3.63) is 35.0 Å². The zero-order chi connectivity index (χ0) is 9.97. The summed E-state index contributed by atoms with van der Waals surface area (Å²) in [4.78, 5) is 0. The van der Waals surface area contributed by atoms with Gasteiger partial charge in [0.2, 0.25) is 0 Å². The number of furan rings is 1. The minimum atomic E-state index is 0.781.